The van der Waals surface area contributed by atoms with E-state index in [1.807, 2.05) is 38.1 Å². The van der Waals surface area contributed by atoms with Crippen LogP contribution in [-0.4, -0.2) is 49.5 Å². The number of benzene rings is 2. The molecule has 7 heteroatoms. The monoisotopic (exact) mass is 398 g/mol. The van der Waals surface area contributed by atoms with Gasteiger partial charge in [-0.05, 0) is 49.2 Å². The topological polar surface area (TPSA) is 84.9 Å². The third kappa shape index (κ3) is 6.64. The lowest BCUT2D eigenvalue weighted by Gasteiger charge is -2.17. The summed E-state index contributed by atoms with van der Waals surface area (Å²) in [4.78, 5) is 37.7. The molecule has 0 fully saturated rings. The lowest BCUT2D eigenvalue weighted by molar-refractivity contribution is -0.136. The minimum absolute atomic E-state index is 0.141. The van der Waals surface area contributed by atoms with Gasteiger partial charge >= 0.3 is 5.97 Å². The summed E-state index contributed by atoms with van der Waals surface area (Å²) >= 11 is 0. The molecule has 0 saturated heterocycles. The summed E-state index contributed by atoms with van der Waals surface area (Å²) in [5.41, 5.74) is 2.06. The van der Waals surface area contributed by atoms with E-state index in [9.17, 15) is 14.4 Å². The molecule has 2 aromatic carbocycles. The van der Waals surface area contributed by atoms with Gasteiger partial charge in [-0.25, -0.2) is 4.79 Å². The number of carbonyl (C=O) groups excluding carboxylic acids is 3. The SMILES string of the molecule is CCOc1ccc(C(=O)OCC(=O)N(C)CC(=O)Nc2ccccc2CC)cc1. The van der Waals surface area contributed by atoms with Crippen LogP contribution in [0.4, 0.5) is 5.69 Å². The molecule has 2 amide bonds. The lowest BCUT2D eigenvalue weighted by Crippen LogP contribution is -2.37. The number of aryl methyl sites for hydroxylation is 1. The standard InChI is InChI=1S/C22H26N2O5/c1-4-16-8-6-7-9-19(16)23-20(25)14-24(3)21(26)15-29-22(27)17-10-12-18(13-11-17)28-5-2/h6-13H,4-5,14-15H2,1-3H3,(H,23,25). The van der Waals surface area contributed by atoms with Crippen molar-refractivity contribution < 1.29 is 23.9 Å². The van der Waals surface area contributed by atoms with E-state index >= 15 is 0 Å². The number of nitrogens with zero attached hydrogens (tertiary/aromatic N) is 1. The van der Waals surface area contributed by atoms with Crippen molar-refractivity contribution >= 4 is 23.5 Å². The van der Waals surface area contributed by atoms with Crippen molar-refractivity contribution in [3.8, 4) is 5.75 Å². The Morgan fingerprint density at radius 1 is 1.00 bits per heavy atom. The molecule has 0 radical (unpaired) electrons. The van der Waals surface area contributed by atoms with Crippen molar-refractivity contribution in [1.29, 1.82) is 0 Å². The van der Waals surface area contributed by atoms with Crippen molar-refractivity contribution in [3.05, 3.63) is 59.7 Å². The van der Waals surface area contributed by atoms with Gasteiger partial charge in [-0.15, -0.1) is 0 Å². The number of carbonyl (C=O) groups is 3. The summed E-state index contributed by atoms with van der Waals surface area (Å²) < 4.78 is 10.4. The van der Waals surface area contributed by atoms with Gasteiger partial charge in [-0.1, -0.05) is 25.1 Å². The van der Waals surface area contributed by atoms with Crippen LogP contribution in [0.5, 0.6) is 5.75 Å². The van der Waals surface area contributed by atoms with E-state index in [1.54, 1.807) is 24.3 Å². The summed E-state index contributed by atoms with van der Waals surface area (Å²) in [7, 11) is 1.48. The minimum Gasteiger partial charge on any atom is -0.494 e. The molecule has 0 aromatic heterocycles. The fraction of sp³-hybridized carbons (Fsp3) is 0.318. The Morgan fingerprint density at radius 3 is 2.34 bits per heavy atom. The summed E-state index contributed by atoms with van der Waals surface area (Å²) in [5.74, 6) is -0.755. The van der Waals surface area contributed by atoms with E-state index in [2.05, 4.69) is 5.32 Å². The van der Waals surface area contributed by atoms with Gasteiger partial charge < -0.3 is 19.7 Å². The number of anilines is 1. The van der Waals surface area contributed by atoms with Gasteiger partial charge in [0.05, 0.1) is 18.7 Å². The highest BCUT2D eigenvalue weighted by Gasteiger charge is 2.16. The van der Waals surface area contributed by atoms with Crippen LogP contribution in [0.3, 0.4) is 0 Å². The summed E-state index contributed by atoms with van der Waals surface area (Å²) in [6.45, 7) is 3.81. The number of para-hydroxylation sites is 1. The van der Waals surface area contributed by atoms with E-state index < -0.39 is 18.5 Å². The lowest BCUT2D eigenvalue weighted by atomic mass is 10.1. The Morgan fingerprint density at radius 2 is 1.69 bits per heavy atom. The molecular weight excluding hydrogens is 372 g/mol. The molecule has 0 saturated carbocycles. The minimum atomic E-state index is -0.615. The molecule has 7 nitrogen and oxygen atoms in total. The molecule has 0 aliphatic carbocycles. The van der Waals surface area contributed by atoms with Gasteiger partial charge in [0.1, 0.15) is 5.75 Å². The van der Waals surface area contributed by atoms with Crippen molar-refractivity contribution in [2.75, 3.05) is 32.1 Å². The van der Waals surface area contributed by atoms with Crippen molar-refractivity contribution in [1.82, 2.24) is 4.90 Å². The average Bonchev–Trinajstić information content (AvgIpc) is 2.72. The number of likely N-dealkylation sites (N-methyl/N-ethyl adjacent to an activating group) is 1. The Labute approximate surface area is 170 Å². The van der Waals surface area contributed by atoms with E-state index in [4.69, 9.17) is 9.47 Å². The fourth-order valence-corrected chi connectivity index (χ4v) is 2.62. The molecule has 0 aliphatic heterocycles. The maximum atomic E-state index is 12.2. The molecule has 0 aliphatic rings. The van der Waals surface area contributed by atoms with E-state index in [-0.39, 0.29) is 12.5 Å². The molecule has 154 valence electrons. The molecule has 29 heavy (non-hydrogen) atoms. The van der Waals surface area contributed by atoms with Crippen molar-refractivity contribution in [2.24, 2.45) is 0 Å². The normalized spacial score (nSPS) is 10.2. The van der Waals surface area contributed by atoms with Crippen LogP contribution in [0, 0.1) is 0 Å². The van der Waals surface area contributed by atoms with Crippen molar-refractivity contribution in [2.45, 2.75) is 20.3 Å². The first-order valence-corrected chi connectivity index (χ1v) is 9.46. The van der Waals surface area contributed by atoms with Crippen LogP contribution in [0.15, 0.2) is 48.5 Å². The Bertz CT molecular complexity index is 849. The smallest absolute Gasteiger partial charge is 0.338 e. The van der Waals surface area contributed by atoms with Crippen LogP contribution in [0.2, 0.25) is 0 Å². The largest absolute Gasteiger partial charge is 0.494 e. The number of amides is 2. The van der Waals surface area contributed by atoms with Crippen LogP contribution < -0.4 is 10.1 Å². The first kappa shape index (κ1) is 21.9. The zero-order valence-corrected chi connectivity index (χ0v) is 16.9. The Hall–Kier alpha value is -3.35. The highest BCUT2D eigenvalue weighted by molar-refractivity contribution is 5.96. The second kappa shape index (κ2) is 10.8. The molecule has 2 aromatic rings. The molecule has 1 N–H and O–H groups in total. The van der Waals surface area contributed by atoms with Gasteiger partial charge in [-0.2, -0.15) is 0 Å². The quantitative estimate of drug-likeness (QED) is 0.657. The Balaban J connectivity index is 1.82. The van der Waals surface area contributed by atoms with Crippen LogP contribution in [0.25, 0.3) is 0 Å². The maximum absolute atomic E-state index is 12.2. The molecule has 2 rings (SSSR count). The number of esters is 1. The number of ether oxygens (including phenoxy) is 2. The average molecular weight is 398 g/mol. The second-order valence-corrected chi connectivity index (χ2v) is 6.34. The zero-order chi connectivity index (χ0) is 21.2. The highest BCUT2D eigenvalue weighted by atomic mass is 16.5. The molecule has 0 bridgehead atoms. The molecule has 0 heterocycles. The van der Waals surface area contributed by atoms with Crippen LogP contribution in [0.1, 0.15) is 29.8 Å². The summed E-state index contributed by atoms with van der Waals surface area (Å²) in [6, 6.07) is 14.0. The first-order valence-electron chi connectivity index (χ1n) is 9.46. The zero-order valence-electron chi connectivity index (χ0n) is 16.9. The third-order valence-electron chi connectivity index (χ3n) is 4.21. The van der Waals surface area contributed by atoms with E-state index in [1.165, 1.54) is 11.9 Å². The van der Waals surface area contributed by atoms with E-state index in [0.717, 1.165) is 17.7 Å². The summed E-state index contributed by atoms with van der Waals surface area (Å²) in [6.07, 6.45) is 0.784. The van der Waals surface area contributed by atoms with Gasteiger partial charge in [0.15, 0.2) is 6.61 Å². The van der Waals surface area contributed by atoms with Crippen molar-refractivity contribution in [3.63, 3.8) is 0 Å². The first-order chi connectivity index (χ1) is 13.9. The number of rotatable bonds is 9. The molecule has 0 spiro atoms. The summed E-state index contributed by atoms with van der Waals surface area (Å²) in [5, 5.41) is 2.80. The highest BCUT2D eigenvalue weighted by Crippen LogP contribution is 2.15. The number of hydrogen-bond acceptors (Lipinski definition) is 5. The van der Waals surface area contributed by atoms with E-state index in [0.29, 0.717) is 17.9 Å². The third-order valence-corrected chi connectivity index (χ3v) is 4.21. The molecule has 0 unspecified atom stereocenters. The Kier molecular flexibility index (Phi) is 8.21. The number of nitrogens with one attached hydrogen (secondary N) is 1. The van der Waals surface area contributed by atoms with Gasteiger partial charge in [0.25, 0.3) is 5.91 Å². The number of hydrogen-bond donors (Lipinski definition) is 1. The van der Waals surface area contributed by atoms with Gasteiger partial charge in [0, 0.05) is 12.7 Å². The second-order valence-electron chi connectivity index (χ2n) is 6.34. The molecule has 0 atom stereocenters. The van der Waals surface area contributed by atoms with Gasteiger partial charge in [0.2, 0.25) is 5.91 Å². The fourth-order valence-electron chi connectivity index (χ4n) is 2.62. The maximum Gasteiger partial charge on any atom is 0.338 e. The van der Waals surface area contributed by atoms with Crippen LogP contribution >= 0.6 is 0 Å². The van der Waals surface area contributed by atoms with Gasteiger partial charge in [-0.3, -0.25) is 9.59 Å². The molecular formula is C22H26N2O5. The van der Waals surface area contributed by atoms with Crippen LogP contribution in [-0.2, 0) is 20.7 Å². The predicted octanol–water partition coefficient (Wildman–Crippen LogP) is 2.90. The predicted molar refractivity (Wildman–Crippen MR) is 110 cm³/mol.